The normalized spacial score (nSPS) is 19.0. The van der Waals surface area contributed by atoms with E-state index in [1.807, 2.05) is 23.7 Å². The van der Waals surface area contributed by atoms with Crippen LogP contribution >= 0.6 is 0 Å². The Morgan fingerprint density at radius 1 is 1.27 bits per heavy atom. The molecule has 2 aromatic heterocycles. The van der Waals surface area contributed by atoms with Gasteiger partial charge in [-0.2, -0.15) is 22.1 Å². The molecule has 0 aromatic carbocycles. The number of aromatic nitrogens is 4. The Labute approximate surface area is 155 Å². The molecule has 0 amide bonds. The van der Waals surface area contributed by atoms with E-state index in [1.54, 1.807) is 20.3 Å². The number of aryl methyl sites for hydroxylation is 1. The molecule has 0 N–H and O–H groups in total. The number of rotatable bonds is 5. The van der Waals surface area contributed by atoms with Gasteiger partial charge in [-0.1, -0.05) is 0 Å². The Bertz CT molecular complexity index is 890. The molecular weight excluding hydrogens is 352 g/mol. The molecule has 0 radical (unpaired) electrons. The highest BCUT2D eigenvalue weighted by molar-refractivity contribution is 7.86. The third-order valence-electron chi connectivity index (χ3n) is 4.55. The van der Waals surface area contributed by atoms with Gasteiger partial charge >= 0.3 is 0 Å². The van der Waals surface area contributed by atoms with Crippen molar-refractivity contribution in [1.82, 2.24) is 28.4 Å². The first kappa shape index (κ1) is 18.9. The van der Waals surface area contributed by atoms with Crippen LogP contribution in [-0.2, 0) is 10.2 Å². The molecule has 0 saturated carbocycles. The third kappa shape index (κ3) is 3.38. The molecule has 0 spiro atoms. The average Bonchev–Trinajstić information content (AvgIpc) is 3.23. The maximum Gasteiger partial charge on any atom is 0.282 e. The van der Waals surface area contributed by atoms with Crippen molar-refractivity contribution in [3.63, 3.8) is 0 Å². The zero-order valence-corrected chi connectivity index (χ0v) is 16.7. The summed E-state index contributed by atoms with van der Waals surface area (Å²) in [5.74, 6) is 0.555. The molecule has 2 aromatic rings. The molecule has 0 aliphatic carbocycles. The first-order chi connectivity index (χ1) is 12.2. The quantitative estimate of drug-likeness (QED) is 0.796. The Morgan fingerprint density at radius 2 is 2.00 bits per heavy atom. The zero-order chi connectivity index (χ0) is 19.1. The summed E-state index contributed by atoms with van der Waals surface area (Å²) >= 11 is 0. The lowest BCUT2D eigenvalue weighted by molar-refractivity contribution is 0.352. The Balaban J connectivity index is 2.04. The van der Waals surface area contributed by atoms with Gasteiger partial charge in [0.1, 0.15) is 5.82 Å². The van der Waals surface area contributed by atoms with E-state index in [0.29, 0.717) is 12.4 Å². The van der Waals surface area contributed by atoms with Crippen LogP contribution in [0.15, 0.2) is 18.3 Å². The summed E-state index contributed by atoms with van der Waals surface area (Å²) in [5, 5.41) is 4.37. The Morgan fingerprint density at radius 3 is 2.65 bits per heavy atom. The largest absolute Gasteiger partial charge is 0.282 e. The summed E-state index contributed by atoms with van der Waals surface area (Å²) in [6.45, 7) is 6.52. The molecule has 26 heavy (non-hydrogen) atoms. The van der Waals surface area contributed by atoms with Crippen molar-refractivity contribution in [2.24, 2.45) is 0 Å². The van der Waals surface area contributed by atoms with Gasteiger partial charge < -0.3 is 0 Å². The molecule has 1 fully saturated rings. The summed E-state index contributed by atoms with van der Waals surface area (Å²) in [7, 11) is -0.406. The van der Waals surface area contributed by atoms with Gasteiger partial charge in [0.2, 0.25) is 0 Å². The molecule has 9 heteroatoms. The topological polar surface area (TPSA) is 84.2 Å². The lowest BCUT2D eigenvalue weighted by atomic mass is 10.2. The minimum absolute atomic E-state index is 0.204. The van der Waals surface area contributed by atoms with Crippen LogP contribution in [0.4, 0.5) is 0 Å². The SMILES string of the molecule is Cc1cc(-c2ccnn2C(C)C)nc(C2CCCN2S(=O)(=O)N(C)C)n1. The van der Waals surface area contributed by atoms with Crippen molar-refractivity contribution in [2.45, 2.75) is 45.7 Å². The number of nitrogens with zero attached hydrogens (tertiary/aromatic N) is 6. The van der Waals surface area contributed by atoms with E-state index in [9.17, 15) is 8.42 Å². The molecule has 1 aliphatic heterocycles. The molecule has 1 unspecified atom stereocenters. The van der Waals surface area contributed by atoms with Gasteiger partial charge in [0.15, 0.2) is 0 Å². The molecule has 8 nitrogen and oxygen atoms in total. The maximum absolute atomic E-state index is 12.6. The van der Waals surface area contributed by atoms with E-state index < -0.39 is 10.2 Å². The van der Waals surface area contributed by atoms with Crippen LogP contribution < -0.4 is 0 Å². The van der Waals surface area contributed by atoms with Gasteiger partial charge in [0.05, 0.1) is 17.4 Å². The maximum atomic E-state index is 12.6. The zero-order valence-electron chi connectivity index (χ0n) is 15.9. The standard InChI is InChI=1S/C17H26N6O2S/c1-12(2)23-15(8-9-18-23)14-11-13(3)19-17(20-14)16-7-6-10-22(16)26(24,25)21(4)5/h8-9,11-12,16H,6-7,10H2,1-5H3. The number of hydrogen-bond acceptors (Lipinski definition) is 5. The molecule has 3 rings (SSSR count). The molecular formula is C17H26N6O2S. The Hall–Kier alpha value is -1.84. The van der Waals surface area contributed by atoms with Crippen LogP contribution in [0.5, 0.6) is 0 Å². The van der Waals surface area contributed by atoms with Gasteiger partial charge in [-0.25, -0.2) is 9.97 Å². The second kappa shape index (κ2) is 7.05. The lowest BCUT2D eigenvalue weighted by Gasteiger charge is -2.26. The van der Waals surface area contributed by atoms with Gasteiger partial charge in [0.25, 0.3) is 10.2 Å². The van der Waals surface area contributed by atoms with Crippen molar-refractivity contribution in [3.05, 3.63) is 29.8 Å². The van der Waals surface area contributed by atoms with E-state index in [-0.39, 0.29) is 12.1 Å². The van der Waals surface area contributed by atoms with E-state index in [2.05, 4.69) is 23.9 Å². The summed E-state index contributed by atoms with van der Waals surface area (Å²) in [6.07, 6.45) is 3.28. The summed E-state index contributed by atoms with van der Waals surface area (Å²) in [5.41, 5.74) is 2.50. The van der Waals surface area contributed by atoms with Gasteiger partial charge in [-0.15, -0.1) is 0 Å². The monoisotopic (exact) mass is 378 g/mol. The van der Waals surface area contributed by atoms with E-state index >= 15 is 0 Å². The van der Waals surface area contributed by atoms with Crippen LogP contribution in [0.3, 0.4) is 0 Å². The van der Waals surface area contributed by atoms with Crippen molar-refractivity contribution < 1.29 is 8.42 Å². The first-order valence-electron chi connectivity index (χ1n) is 8.80. The average molecular weight is 379 g/mol. The minimum Gasteiger partial charge on any atom is -0.261 e. The van der Waals surface area contributed by atoms with Crippen molar-refractivity contribution >= 4 is 10.2 Å². The lowest BCUT2D eigenvalue weighted by Crippen LogP contribution is -2.40. The minimum atomic E-state index is -3.51. The van der Waals surface area contributed by atoms with Crippen LogP contribution in [0, 0.1) is 6.92 Å². The van der Waals surface area contributed by atoms with E-state index in [1.165, 1.54) is 8.61 Å². The molecule has 1 aliphatic rings. The van der Waals surface area contributed by atoms with Gasteiger partial charge in [0, 0.05) is 38.6 Å². The fourth-order valence-corrected chi connectivity index (χ4v) is 4.59. The predicted octanol–water partition coefficient (Wildman–Crippen LogP) is 2.17. The number of hydrogen-bond donors (Lipinski definition) is 0. The van der Waals surface area contributed by atoms with Crippen LogP contribution in [-0.4, -0.2) is 57.4 Å². The second-order valence-electron chi connectivity index (χ2n) is 7.07. The second-order valence-corrected chi connectivity index (χ2v) is 9.16. The van der Waals surface area contributed by atoms with E-state index in [0.717, 1.165) is 29.9 Å². The molecule has 1 saturated heterocycles. The van der Waals surface area contributed by atoms with Gasteiger partial charge in [-0.3, -0.25) is 4.68 Å². The van der Waals surface area contributed by atoms with Crippen LogP contribution in [0.2, 0.25) is 0 Å². The van der Waals surface area contributed by atoms with Crippen molar-refractivity contribution in [2.75, 3.05) is 20.6 Å². The van der Waals surface area contributed by atoms with E-state index in [4.69, 9.17) is 4.98 Å². The van der Waals surface area contributed by atoms with Crippen LogP contribution in [0.25, 0.3) is 11.4 Å². The predicted molar refractivity (Wildman–Crippen MR) is 99.7 cm³/mol. The summed E-state index contributed by atoms with van der Waals surface area (Å²) in [6, 6.07) is 3.71. The Kier molecular flexibility index (Phi) is 5.14. The smallest absolute Gasteiger partial charge is 0.261 e. The first-order valence-corrected chi connectivity index (χ1v) is 10.2. The highest BCUT2D eigenvalue weighted by atomic mass is 32.2. The molecule has 3 heterocycles. The summed E-state index contributed by atoms with van der Waals surface area (Å²) in [4.78, 5) is 9.29. The van der Waals surface area contributed by atoms with Gasteiger partial charge in [-0.05, 0) is 45.7 Å². The van der Waals surface area contributed by atoms with Crippen molar-refractivity contribution in [1.29, 1.82) is 0 Å². The molecule has 1 atom stereocenters. The highest BCUT2D eigenvalue weighted by Gasteiger charge is 2.38. The highest BCUT2D eigenvalue weighted by Crippen LogP contribution is 2.34. The molecule has 0 bridgehead atoms. The third-order valence-corrected chi connectivity index (χ3v) is 6.51. The van der Waals surface area contributed by atoms with Crippen molar-refractivity contribution in [3.8, 4) is 11.4 Å². The van der Waals surface area contributed by atoms with Crippen LogP contribution in [0.1, 0.15) is 50.3 Å². The fourth-order valence-electron chi connectivity index (χ4n) is 3.28. The fraction of sp³-hybridized carbons (Fsp3) is 0.588. The molecule has 142 valence electrons. The summed E-state index contributed by atoms with van der Waals surface area (Å²) < 4.78 is 29.9.